The Balaban J connectivity index is 1.37. The Morgan fingerprint density at radius 1 is 1.03 bits per heavy atom. The molecule has 0 unspecified atom stereocenters. The van der Waals surface area contributed by atoms with Crippen LogP contribution < -0.4 is 10.2 Å². The largest absolute Gasteiger partial charge is 0.440 e. The van der Waals surface area contributed by atoms with E-state index in [0.29, 0.717) is 11.7 Å². The van der Waals surface area contributed by atoms with Crippen molar-refractivity contribution in [1.29, 1.82) is 0 Å². The number of anilines is 2. The summed E-state index contributed by atoms with van der Waals surface area (Å²) < 4.78 is 5.83. The molecule has 0 atom stereocenters. The van der Waals surface area contributed by atoms with Gasteiger partial charge in [-0.15, -0.1) is 0 Å². The number of rotatable bonds is 5. The third-order valence-electron chi connectivity index (χ3n) is 5.25. The van der Waals surface area contributed by atoms with Crippen LogP contribution in [0.4, 0.5) is 11.4 Å². The summed E-state index contributed by atoms with van der Waals surface area (Å²) in [6.07, 6.45) is 0.159. The third-order valence-corrected chi connectivity index (χ3v) is 5.25. The van der Waals surface area contributed by atoms with Crippen molar-refractivity contribution in [2.45, 2.75) is 13.3 Å². The average Bonchev–Trinajstić information content (AvgIpc) is 3.10. The van der Waals surface area contributed by atoms with Crippen molar-refractivity contribution < 1.29 is 9.21 Å². The quantitative estimate of drug-likeness (QED) is 0.721. The number of nitrogens with zero attached hydrogens (tertiary/aromatic N) is 3. The number of carbonyl (C=O) groups is 1. The van der Waals surface area contributed by atoms with Gasteiger partial charge in [0.1, 0.15) is 5.76 Å². The molecule has 1 aliphatic heterocycles. The topological polar surface area (TPSA) is 61.6 Å². The second kappa shape index (κ2) is 8.49. The van der Waals surface area contributed by atoms with E-state index in [0.717, 1.165) is 43.1 Å². The summed E-state index contributed by atoms with van der Waals surface area (Å²) >= 11 is 0. The van der Waals surface area contributed by atoms with E-state index < -0.39 is 0 Å². The van der Waals surface area contributed by atoms with Crippen molar-refractivity contribution in [3.63, 3.8) is 0 Å². The monoisotopic (exact) mass is 390 g/mol. The fourth-order valence-corrected chi connectivity index (χ4v) is 3.47. The standard InChI is InChI=1S/C23H26N4O2/c1-17-21(29-23(24-17)18-6-4-3-5-7-18)16-22(28)25-19-8-10-20(11-9-19)27-14-12-26(2)13-15-27/h3-11H,12-16H2,1-2H3,(H,25,28). The summed E-state index contributed by atoms with van der Waals surface area (Å²) in [5.41, 5.74) is 3.62. The molecule has 2 heterocycles. The zero-order valence-electron chi connectivity index (χ0n) is 16.9. The van der Waals surface area contributed by atoms with E-state index >= 15 is 0 Å². The fraction of sp³-hybridized carbons (Fsp3) is 0.304. The molecule has 1 amide bonds. The Morgan fingerprint density at radius 2 is 1.72 bits per heavy atom. The van der Waals surface area contributed by atoms with Gasteiger partial charge in [0.25, 0.3) is 0 Å². The van der Waals surface area contributed by atoms with Crippen molar-refractivity contribution in [3.8, 4) is 11.5 Å². The lowest BCUT2D eigenvalue weighted by Gasteiger charge is -2.34. The number of aryl methyl sites for hydroxylation is 1. The van der Waals surface area contributed by atoms with Gasteiger partial charge in [-0.1, -0.05) is 18.2 Å². The van der Waals surface area contributed by atoms with Crippen LogP contribution in [0.15, 0.2) is 59.0 Å². The number of amides is 1. The maximum Gasteiger partial charge on any atom is 0.232 e. The highest BCUT2D eigenvalue weighted by Crippen LogP contribution is 2.23. The predicted molar refractivity (Wildman–Crippen MR) is 115 cm³/mol. The summed E-state index contributed by atoms with van der Waals surface area (Å²) in [5, 5.41) is 2.95. The Morgan fingerprint density at radius 3 is 2.41 bits per heavy atom. The van der Waals surface area contributed by atoms with Gasteiger partial charge in [0.15, 0.2) is 0 Å². The number of hydrogen-bond acceptors (Lipinski definition) is 5. The number of aromatic nitrogens is 1. The van der Waals surface area contributed by atoms with Gasteiger partial charge in [-0.05, 0) is 50.4 Å². The third kappa shape index (κ3) is 4.66. The van der Waals surface area contributed by atoms with Crippen LogP contribution in [0.5, 0.6) is 0 Å². The van der Waals surface area contributed by atoms with Crippen LogP contribution in [0.1, 0.15) is 11.5 Å². The van der Waals surface area contributed by atoms with E-state index in [9.17, 15) is 4.79 Å². The molecule has 4 rings (SSSR count). The lowest BCUT2D eigenvalue weighted by atomic mass is 10.2. The lowest BCUT2D eigenvalue weighted by Crippen LogP contribution is -2.44. The minimum Gasteiger partial charge on any atom is -0.440 e. The van der Waals surface area contributed by atoms with Crippen LogP contribution in [-0.4, -0.2) is 49.0 Å². The number of piperazine rings is 1. The first-order chi connectivity index (χ1) is 14.1. The molecule has 0 spiro atoms. The maximum atomic E-state index is 12.5. The molecule has 3 aromatic rings. The summed E-state index contributed by atoms with van der Waals surface area (Å²) in [6.45, 7) is 6.05. The van der Waals surface area contributed by atoms with Crippen LogP contribution >= 0.6 is 0 Å². The van der Waals surface area contributed by atoms with E-state index in [1.807, 2.05) is 49.4 Å². The molecule has 2 aromatic carbocycles. The summed E-state index contributed by atoms with van der Waals surface area (Å²) in [6, 6.07) is 17.7. The van der Waals surface area contributed by atoms with Crippen LogP contribution in [0.25, 0.3) is 11.5 Å². The normalized spacial score (nSPS) is 14.8. The molecule has 0 saturated carbocycles. The molecule has 29 heavy (non-hydrogen) atoms. The van der Waals surface area contributed by atoms with E-state index in [4.69, 9.17) is 4.42 Å². The number of likely N-dealkylation sites (N-methyl/N-ethyl adjacent to an activating group) is 1. The maximum absolute atomic E-state index is 12.5. The SMILES string of the molecule is Cc1nc(-c2ccccc2)oc1CC(=O)Nc1ccc(N2CCN(C)CC2)cc1. The number of nitrogens with one attached hydrogen (secondary N) is 1. The van der Waals surface area contributed by atoms with E-state index in [2.05, 4.69) is 39.3 Å². The Kier molecular flexibility index (Phi) is 5.62. The molecule has 6 heteroatoms. The van der Waals surface area contributed by atoms with Gasteiger partial charge in [-0.2, -0.15) is 0 Å². The van der Waals surface area contributed by atoms with Gasteiger partial charge in [-0.25, -0.2) is 4.98 Å². The fourth-order valence-electron chi connectivity index (χ4n) is 3.47. The number of hydrogen-bond donors (Lipinski definition) is 1. The van der Waals surface area contributed by atoms with Gasteiger partial charge in [0.05, 0.1) is 12.1 Å². The van der Waals surface area contributed by atoms with Crippen LogP contribution in [0, 0.1) is 6.92 Å². The molecule has 1 aliphatic rings. The first-order valence-electron chi connectivity index (χ1n) is 9.93. The first-order valence-corrected chi connectivity index (χ1v) is 9.93. The molecule has 1 saturated heterocycles. The van der Waals surface area contributed by atoms with Crippen molar-refractivity contribution in [2.24, 2.45) is 0 Å². The second-order valence-corrected chi connectivity index (χ2v) is 7.46. The molecule has 6 nitrogen and oxygen atoms in total. The molecule has 1 fully saturated rings. The summed E-state index contributed by atoms with van der Waals surface area (Å²) in [7, 11) is 2.15. The van der Waals surface area contributed by atoms with Gasteiger partial charge in [-0.3, -0.25) is 4.79 Å². The average molecular weight is 390 g/mol. The lowest BCUT2D eigenvalue weighted by molar-refractivity contribution is -0.115. The zero-order valence-corrected chi connectivity index (χ0v) is 16.9. The first kappa shape index (κ1) is 19.2. The van der Waals surface area contributed by atoms with Gasteiger partial charge in [0, 0.05) is 43.1 Å². The predicted octanol–water partition coefficient (Wildman–Crippen LogP) is 3.58. The number of benzene rings is 2. The number of oxazole rings is 1. The highest BCUT2D eigenvalue weighted by Gasteiger charge is 2.16. The van der Waals surface area contributed by atoms with E-state index in [1.54, 1.807) is 0 Å². The highest BCUT2D eigenvalue weighted by atomic mass is 16.4. The minimum absolute atomic E-state index is 0.115. The Hall–Kier alpha value is -3.12. The Bertz CT molecular complexity index is 958. The van der Waals surface area contributed by atoms with Gasteiger partial charge in [0.2, 0.25) is 11.8 Å². The van der Waals surface area contributed by atoms with Crippen molar-refractivity contribution in [1.82, 2.24) is 9.88 Å². The van der Waals surface area contributed by atoms with Crippen molar-refractivity contribution in [2.75, 3.05) is 43.4 Å². The van der Waals surface area contributed by atoms with E-state index in [1.165, 1.54) is 5.69 Å². The van der Waals surface area contributed by atoms with Crippen LogP contribution in [0.2, 0.25) is 0 Å². The molecule has 1 N–H and O–H groups in total. The Labute approximate surface area is 171 Å². The highest BCUT2D eigenvalue weighted by molar-refractivity contribution is 5.92. The van der Waals surface area contributed by atoms with E-state index in [-0.39, 0.29) is 12.3 Å². The summed E-state index contributed by atoms with van der Waals surface area (Å²) in [5.74, 6) is 1.02. The molecule has 150 valence electrons. The summed E-state index contributed by atoms with van der Waals surface area (Å²) in [4.78, 5) is 21.6. The van der Waals surface area contributed by atoms with Crippen LogP contribution in [0.3, 0.4) is 0 Å². The van der Waals surface area contributed by atoms with Gasteiger partial charge < -0.3 is 19.5 Å². The molecule has 1 aromatic heterocycles. The zero-order chi connectivity index (χ0) is 20.2. The smallest absolute Gasteiger partial charge is 0.232 e. The van der Waals surface area contributed by atoms with Crippen molar-refractivity contribution >= 4 is 17.3 Å². The van der Waals surface area contributed by atoms with Crippen LogP contribution in [-0.2, 0) is 11.2 Å². The molecular formula is C23H26N4O2. The van der Waals surface area contributed by atoms with Crippen molar-refractivity contribution in [3.05, 3.63) is 66.1 Å². The minimum atomic E-state index is -0.115. The number of carbonyl (C=O) groups excluding carboxylic acids is 1. The second-order valence-electron chi connectivity index (χ2n) is 7.46. The van der Waals surface area contributed by atoms with Gasteiger partial charge >= 0.3 is 0 Å². The molecule has 0 bridgehead atoms. The molecule has 0 aliphatic carbocycles. The molecular weight excluding hydrogens is 364 g/mol. The molecule has 0 radical (unpaired) electrons.